The summed E-state index contributed by atoms with van der Waals surface area (Å²) in [6.45, 7) is 8.96. The Morgan fingerprint density at radius 3 is 2.45 bits per heavy atom. The fourth-order valence-corrected chi connectivity index (χ4v) is 9.26. The van der Waals surface area contributed by atoms with Gasteiger partial charge in [0.1, 0.15) is 12.2 Å². The molecule has 4 heteroatoms. The van der Waals surface area contributed by atoms with E-state index in [4.69, 9.17) is 9.47 Å². The summed E-state index contributed by atoms with van der Waals surface area (Å²) in [5, 5.41) is 3.84. The van der Waals surface area contributed by atoms with Crippen molar-refractivity contribution in [3.8, 4) is 0 Å². The predicted octanol–water partition coefficient (Wildman–Crippen LogP) is 6.00. The van der Waals surface area contributed by atoms with E-state index in [1.54, 1.807) is 0 Å². The molecule has 154 valence electrons. The smallest absolute Gasteiger partial charge is 0.167 e. The van der Waals surface area contributed by atoms with E-state index < -0.39 is 14.2 Å². The van der Waals surface area contributed by atoms with Crippen molar-refractivity contribution in [1.29, 1.82) is 0 Å². The minimum atomic E-state index is -1.60. The molecule has 4 rings (SSSR count). The van der Waals surface area contributed by atoms with Gasteiger partial charge in [0.15, 0.2) is 5.78 Å². The first-order valence-corrected chi connectivity index (χ1v) is 13.7. The third-order valence-electron chi connectivity index (χ3n) is 7.22. The fourth-order valence-electron chi connectivity index (χ4n) is 5.17. The minimum Gasteiger partial charge on any atom is -0.363 e. The highest BCUT2D eigenvalue weighted by Crippen LogP contribution is 2.42. The number of fused-ring (bicyclic) bond motifs is 3. The lowest BCUT2D eigenvalue weighted by atomic mass is 10.0. The van der Waals surface area contributed by atoms with Crippen LogP contribution in [0.15, 0.2) is 53.7 Å². The number of rotatable bonds is 7. The van der Waals surface area contributed by atoms with Crippen LogP contribution in [0.1, 0.15) is 45.8 Å². The zero-order valence-electron chi connectivity index (χ0n) is 18.0. The van der Waals surface area contributed by atoms with E-state index in [2.05, 4.69) is 69.3 Å². The molecule has 0 aromatic heterocycles. The number of carbonyl (C=O) groups is 1. The van der Waals surface area contributed by atoms with Crippen LogP contribution in [0.3, 0.4) is 0 Å². The summed E-state index contributed by atoms with van der Waals surface area (Å²) in [6.07, 6.45) is 1.85. The van der Waals surface area contributed by atoms with Gasteiger partial charge in [-0.3, -0.25) is 4.79 Å². The van der Waals surface area contributed by atoms with E-state index >= 15 is 0 Å². The number of ketones is 1. The van der Waals surface area contributed by atoms with Crippen molar-refractivity contribution in [1.82, 2.24) is 0 Å². The zero-order chi connectivity index (χ0) is 20.6. The molecule has 2 bridgehead atoms. The van der Waals surface area contributed by atoms with Gasteiger partial charge in [-0.15, -0.1) is 0 Å². The molecule has 0 radical (unpaired) electrons. The number of ether oxygens (including phenoxy) is 2. The van der Waals surface area contributed by atoms with Crippen molar-refractivity contribution in [2.45, 2.75) is 76.7 Å². The Hall–Kier alpha value is -1.75. The van der Waals surface area contributed by atoms with E-state index in [1.807, 2.05) is 6.92 Å². The first-order valence-electron chi connectivity index (χ1n) is 11.1. The van der Waals surface area contributed by atoms with Crippen LogP contribution in [-0.2, 0) is 14.3 Å². The van der Waals surface area contributed by atoms with Gasteiger partial charge >= 0.3 is 0 Å². The van der Waals surface area contributed by atoms with E-state index in [1.165, 1.54) is 34.1 Å². The Labute approximate surface area is 175 Å². The predicted molar refractivity (Wildman–Crippen MR) is 121 cm³/mol. The second-order valence-electron chi connectivity index (χ2n) is 8.53. The summed E-state index contributed by atoms with van der Waals surface area (Å²) in [5.74, 6) is 0.191. The summed E-state index contributed by atoms with van der Waals surface area (Å²) in [4.78, 5) is 12.9. The van der Waals surface area contributed by atoms with Gasteiger partial charge in [0.05, 0.1) is 20.3 Å². The molecule has 0 spiro atoms. The van der Waals surface area contributed by atoms with Crippen molar-refractivity contribution in [3.63, 3.8) is 0 Å². The van der Waals surface area contributed by atoms with Crippen LogP contribution in [-0.4, -0.2) is 32.2 Å². The van der Waals surface area contributed by atoms with Crippen LogP contribution in [0.25, 0.3) is 10.8 Å². The maximum atomic E-state index is 12.9. The fraction of sp³-hybridized carbons (Fsp3) is 0.480. The lowest BCUT2D eigenvalue weighted by Gasteiger charge is -2.38. The van der Waals surface area contributed by atoms with Crippen molar-refractivity contribution in [2.75, 3.05) is 0 Å². The minimum absolute atomic E-state index is 0.0464. The molecular weight excluding hydrogens is 376 g/mol. The topological polar surface area (TPSA) is 35.5 Å². The van der Waals surface area contributed by atoms with E-state index in [9.17, 15) is 4.79 Å². The molecule has 2 aromatic carbocycles. The average Bonchev–Trinajstić information content (AvgIpc) is 3.11. The molecule has 0 aliphatic carbocycles. The van der Waals surface area contributed by atoms with Gasteiger partial charge in [-0.1, -0.05) is 86.6 Å². The summed E-state index contributed by atoms with van der Waals surface area (Å²) in [6, 6.07) is 18.3. The van der Waals surface area contributed by atoms with E-state index in [-0.39, 0.29) is 24.1 Å². The van der Waals surface area contributed by atoms with Crippen LogP contribution >= 0.6 is 0 Å². The third kappa shape index (κ3) is 3.62. The second-order valence-corrected chi connectivity index (χ2v) is 13.8. The Morgan fingerprint density at radius 1 is 1.07 bits per heavy atom. The highest BCUT2D eigenvalue weighted by Gasteiger charge is 2.50. The van der Waals surface area contributed by atoms with Crippen molar-refractivity contribution in [2.24, 2.45) is 0 Å². The van der Waals surface area contributed by atoms with Gasteiger partial charge in [0, 0.05) is 6.42 Å². The number of benzene rings is 2. The normalized spacial score (nSPS) is 25.3. The first kappa shape index (κ1) is 20.5. The average molecular weight is 409 g/mol. The summed E-state index contributed by atoms with van der Waals surface area (Å²) < 4.78 is 12.7. The molecule has 0 amide bonds. The SMILES string of the molecule is CC[Si](CC)(CC)C1=C[C@@H]2CC(=O)[C@H](O[C@H](C)c3ccc4ccccc4c3)[C@H]1O2. The molecule has 1 saturated heterocycles. The van der Waals surface area contributed by atoms with E-state index in [0.29, 0.717) is 6.42 Å². The van der Waals surface area contributed by atoms with Crippen molar-refractivity contribution >= 4 is 24.6 Å². The molecule has 4 atom stereocenters. The summed E-state index contributed by atoms with van der Waals surface area (Å²) in [7, 11) is -1.60. The maximum Gasteiger partial charge on any atom is 0.167 e. The number of Topliss-reactive ketones (excluding diaryl/α,β-unsaturated/α-hetero) is 1. The molecule has 2 heterocycles. The van der Waals surface area contributed by atoms with Gasteiger partial charge in [-0.25, -0.2) is 0 Å². The molecule has 2 aliphatic heterocycles. The maximum absolute atomic E-state index is 12.9. The summed E-state index contributed by atoms with van der Waals surface area (Å²) in [5.41, 5.74) is 1.10. The quantitative estimate of drug-likeness (QED) is 0.527. The number of carbonyl (C=O) groups excluding carboxylic acids is 1. The third-order valence-corrected chi connectivity index (χ3v) is 13.0. The molecule has 3 nitrogen and oxygen atoms in total. The van der Waals surface area contributed by atoms with E-state index in [0.717, 1.165) is 5.56 Å². The Kier molecular flexibility index (Phi) is 5.78. The molecule has 1 fully saturated rings. The molecule has 0 unspecified atom stereocenters. The molecule has 0 N–H and O–H groups in total. The second kappa shape index (κ2) is 8.17. The monoisotopic (exact) mass is 408 g/mol. The van der Waals surface area contributed by atoms with Crippen LogP contribution < -0.4 is 0 Å². The zero-order valence-corrected chi connectivity index (χ0v) is 19.0. The first-order chi connectivity index (χ1) is 14.0. The van der Waals surface area contributed by atoms with Gasteiger partial charge in [0.25, 0.3) is 0 Å². The Morgan fingerprint density at radius 2 is 1.76 bits per heavy atom. The summed E-state index contributed by atoms with van der Waals surface area (Å²) >= 11 is 0. The largest absolute Gasteiger partial charge is 0.363 e. The van der Waals surface area contributed by atoms with Gasteiger partial charge in [0.2, 0.25) is 0 Å². The highest BCUT2D eigenvalue weighted by molar-refractivity contribution is 6.86. The highest BCUT2D eigenvalue weighted by atomic mass is 28.3. The Bertz CT molecular complexity index is 922. The van der Waals surface area contributed by atoms with Crippen LogP contribution in [0.5, 0.6) is 0 Å². The Balaban J connectivity index is 1.60. The lowest BCUT2D eigenvalue weighted by Crippen LogP contribution is -2.49. The molecule has 29 heavy (non-hydrogen) atoms. The number of hydrogen-bond acceptors (Lipinski definition) is 3. The van der Waals surface area contributed by atoms with Crippen molar-refractivity contribution in [3.05, 3.63) is 59.3 Å². The van der Waals surface area contributed by atoms with Gasteiger partial charge in [-0.2, -0.15) is 0 Å². The molecule has 0 saturated carbocycles. The molecule has 2 aliphatic rings. The van der Waals surface area contributed by atoms with Gasteiger partial charge in [-0.05, 0) is 29.3 Å². The lowest BCUT2D eigenvalue weighted by molar-refractivity contribution is -0.159. The standard InChI is InChI=1S/C25H32O3Si/c1-5-29(6-2,7-3)23-16-21-15-22(26)24(25(23)28-21)27-17(4)19-13-12-18-10-8-9-11-20(18)14-19/h8-14,16-17,21,24-25H,5-7,15H2,1-4H3/t17-,21+,24+,25+/m1/s1. The molecule has 2 aromatic rings. The molecular formula is C25H32O3Si. The van der Waals surface area contributed by atoms with Crippen molar-refractivity contribution < 1.29 is 14.3 Å². The van der Waals surface area contributed by atoms with Crippen LogP contribution in [0.4, 0.5) is 0 Å². The van der Waals surface area contributed by atoms with Crippen LogP contribution in [0, 0.1) is 0 Å². The number of hydrogen-bond donors (Lipinski definition) is 0. The van der Waals surface area contributed by atoms with Gasteiger partial charge < -0.3 is 9.47 Å². The van der Waals surface area contributed by atoms with Crippen LogP contribution in [0.2, 0.25) is 18.1 Å².